The maximum absolute atomic E-state index is 11.9. The van der Waals surface area contributed by atoms with E-state index in [0.717, 1.165) is 5.56 Å². The van der Waals surface area contributed by atoms with Gasteiger partial charge in [-0.1, -0.05) is 6.07 Å². The number of ether oxygens (including phenoxy) is 2. The number of aromatic nitrogens is 2. The molecule has 2 aromatic rings. The summed E-state index contributed by atoms with van der Waals surface area (Å²) in [5.74, 6) is 1.28. The lowest BCUT2D eigenvalue weighted by atomic mass is 10.0. The summed E-state index contributed by atoms with van der Waals surface area (Å²) in [5, 5.41) is 0. The molecule has 0 aliphatic carbocycles. The molecule has 0 radical (unpaired) electrons. The third kappa shape index (κ3) is 3.58. The molecule has 0 atom stereocenters. The van der Waals surface area contributed by atoms with E-state index in [1.165, 1.54) is 0 Å². The first-order valence-electron chi connectivity index (χ1n) is 7.06. The van der Waals surface area contributed by atoms with Crippen molar-refractivity contribution in [3.05, 3.63) is 55.9 Å². The minimum absolute atomic E-state index is 0.0454. The molecule has 118 valence electrons. The fraction of sp³-hybridized carbons (Fsp3) is 0.375. The Labute approximate surface area is 128 Å². The summed E-state index contributed by atoms with van der Waals surface area (Å²) in [4.78, 5) is 28.0. The Morgan fingerprint density at radius 3 is 2.45 bits per heavy atom. The van der Waals surface area contributed by atoms with Crippen molar-refractivity contribution in [2.24, 2.45) is 0 Å². The van der Waals surface area contributed by atoms with Crippen LogP contribution in [0, 0.1) is 6.92 Å². The number of rotatable bonds is 5. The molecule has 2 rings (SSSR count). The number of aryl methyl sites for hydroxylation is 1. The van der Waals surface area contributed by atoms with Crippen molar-refractivity contribution in [2.75, 3.05) is 7.11 Å². The molecule has 22 heavy (non-hydrogen) atoms. The average molecular weight is 304 g/mol. The van der Waals surface area contributed by atoms with Gasteiger partial charge in [-0.05, 0) is 38.5 Å². The van der Waals surface area contributed by atoms with Gasteiger partial charge in [0.15, 0.2) is 11.5 Å². The molecule has 0 fully saturated rings. The SMILES string of the molecule is COc1cc(Cc2c(C)[nH]c(=O)[nH]c2=O)ccc1OC(C)C. The fourth-order valence-electron chi connectivity index (χ4n) is 2.22. The predicted octanol–water partition coefficient (Wildman–Crippen LogP) is 1.76. The van der Waals surface area contributed by atoms with Crippen molar-refractivity contribution in [1.29, 1.82) is 0 Å². The molecule has 6 nitrogen and oxygen atoms in total. The zero-order valence-corrected chi connectivity index (χ0v) is 13.1. The van der Waals surface area contributed by atoms with E-state index in [0.29, 0.717) is 29.2 Å². The van der Waals surface area contributed by atoms with Crippen LogP contribution in [0.15, 0.2) is 27.8 Å². The number of hydrogen-bond acceptors (Lipinski definition) is 4. The fourth-order valence-corrected chi connectivity index (χ4v) is 2.22. The van der Waals surface area contributed by atoms with Gasteiger partial charge in [-0.25, -0.2) is 4.79 Å². The van der Waals surface area contributed by atoms with E-state index in [9.17, 15) is 9.59 Å². The maximum atomic E-state index is 11.9. The third-order valence-corrected chi connectivity index (χ3v) is 3.23. The smallest absolute Gasteiger partial charge is 0.325 e. The van der Waals surface area contributed by atoms with E-state index in [1.54, 1.807) is 14.0 Å². The highest BCUT2D eigenvalue weighted by Crippen LogP contribution is 2.29. The molecule has 1 aromatic heterocycles. The summed E-state index contributed by atoms with van der Waals surface area (Å²) in [5.41, 5.74) is 1.12. The first-order valence-corrected chi connectivity index (χ1v) is 7.06. The van der Waals surface area contributed by atoms with Gasteiger partial charge < -0.3 is 14.5 Å². The monoisotopic (exact) mass is 304 g/mol. The Balaban J connectivity index is 2.35. The Morgan fingerprint density at radius 1 is 1.14 bits per heavy atom. The first kappa shape index (κ1) is 15.9. The van der Waals surface area contributed by atoms with E-state index in [1.807, 2.05) is 32.0 Å². The summed E-state index contributed by atoms with van der Waals surface area (Å²) < 4.78 is 11.0. The second kappa shape index (κ2) is 6.51. The highest BCUT2D eigenvalue weighted by atomic mass is 16.5. The number of aromatic amines is 2. The lowest BCUT2D eigenvalue weighted by molar-refractivity contribution is 0.230. The van der Waals surface area contributed by atoms with Gasteiger partial charge in [0.05, 0.1) is 13.2 Å². The molecule has 6 heteroatoms. The van der Waals surface area contributed by atoms with Gasteiger partial charge in [0.1, 0.15) is 0 Å². The maximum Gasteiger partial charge on any atom is 0.325 e. The van der Waals surface area contributed by atoms with E-state index in [-0.39, 0.29) is 11.7 Å². The Kier molecular flexibility index (Phi) is 4.70. The van der Waals surface area contributed by atoms with Gasteiger partial charge in [-0.2, -0.15) is 0 Å². The highest BCUT2D eigenvalue weighted by Gasteiger charge is 2.11. The second-order valence-electron chi connectivity index (χ2n) is 5.34. The minimum Gasteiger partial charge on any atom is -0.493 e. The normalized spacial score (nSPS) is 10.8. The van der Waals surface area contributed by atoms with E-state index >= 15 is 0 Å². The summed E-state index contributed by atoms with van der Waals surface area (Å²) in [6, 6.07) is 5.54. The van der Waals surface area contributed by atoms with Crippen molar-refractivity contribution in [1.82, 2.24) is 9.97 Å². The Bertz CT molecular complexity index is 774. The summed E-state index contributed by atoms with van der Waals surface area (Å²) >= 11 is 0. The minimum atomic E-state index is -0.496. The zero-order chi connectivity index (χ0) is 16.3. The Hall–Kier alpha value is -2.50. The molecular formula is C16H20N2O4. The van der Waals surface area contributed by atoms with E-state index in [4.69, 9.17) is 9.47 Å². The first-order chi connectivity index (χ1) is 10.4. The lowest BCUT2D eigenvalue weighted by Gasteiger charge is -2.14. The number of H-pyrrole nitrogens is 2. The van der Waals surface area contributed by atoms with Crippen LogP contribution < -0.4 is 20.7 Å². The van der Waals surface area contributed by atoms with Gasteiger partial charge in [-0.3, -0.25) is 9.78 Å². The molecule has 0 aliphatic rings. The van der Waals surface area contributed by atoms with Crippen molar-refractivity contribution in [3.63, 3.8) is 0 Å². The van der Waals surface area contributed by atoms with Crippen LogP contribution >= 0.6 is 0 Å². The quantitative estimate of drug-likeness (QED) is 0.881. The molecule has 0 saturated heterocycles. The number of benzene rings is 1. The van der Waals surface area contributed by atoms with Crippen molar-refractivity contribution in [3.8, 4) is 11.5 Å². The standard InChI is InChI=1S/C16H20N2O4/c1-9(2)22-13-6-5-11(8-14(13)21-4)7-12-10(3)17-16(20)18-15(12)19/h5-6,8-9H,7H2,1-4H3,(H2,17,18,19,20). The van der Waals surface area contributed by atoms with Crippen LogP contribution in [0.1, 0.15) is 30.7 Å². The summed E-state index contributed by atoms with van der Waals surface area (Å²) in [7, 11) is 1.57. The Morgan fingerprint density at radius 2 is 1.86 bits per heavy atom. The van der Waals surface area contributed by atoms with E-state index < -0.39 is 5.69 Å². The number of methoxy groups -OCH3 is 1. The average Bonchev–Trinajstić information content (AvgIpc) is 2.43. The third-order valence-electron chi connectivity index (χ3n) is 3.23. The largest absolute Gasteiger partial charge is 0.493 e. The van der Waals surface area contributed by atoms with Crippen LogP contribution in [0.2, 0.25) is 0 Å². The van der Waals surface area contributed by atoms with Gasteiger partial charge in [0.25, 0.3) is 5.56 Å². The van der Waals surface area contributed by atoms with Crippen LogP contribution in [-0.2, 0) is 6.42 Å². The molecule has 1 aromatic carbocycles. The molecule has 0 spiro atoms. The lowest BCUT2D eigenvalue weighted by Crippen LogP contribution is -2.27. The van der Waals surface area contributed by atoms with Crippen LogP contribution in [0.3, 0.4) is 0 Å². The number of nitrogens with one attached hydrogen (secondary N) is 2. The number of hydrogen-bond donors (Lipinski definition) is 2. The van der Waals surface area contributed by atoms with Crippen LogP contribution in [0.5, 0.6) is 11.5 Å². The van der Waals surface area contributed by atoms with Crippen LogP contribution in [-0.4, -0.2) is 23.2 Å². The molecule has 0 aliphatic heterocycles. The van der Waals surface area contributed by atoms with Gasteiger partial charge in [-0.15, -0.1) is 0 Å². The van der Waals surface area contributed by atoms with Crippen molar-refractivity contribution >= 4 is 0 Å². The molecule has 0 amide bonds. The molecule has 2 N–H and O–H groups in total. The van der Waals surface area contributed by atoms with Gasteiger partial charge in [0, 0.05) is 17.7 Å². The molecule has 1 heterocycles. The summed E-state index contributed by atoms with van der Waals surface area (Å²) in [6.07, 6.45) is 0.444. The van der Waals surface area contributed by atoms with Crippen LogP contribution in [0.25, 0.3) is 0 Å². The molecule has 0 saturated carbocycles. The molecule has 0 bridgehead atoms. The van der Waals surface area contributed by atoms with Crippen LogP contribution in [0.4, 0.5) is 0 Å². The van der Waals surface area contributed by atoms with Gasteiger partial charge in [0.2, 0.25) is 0 Å². The highest BCUT2D eigenvalue weighted by molar-refractivity contribution is 5.44. The van der Waals surface area contributed by atoms with Crippen molar-refractivity contribution < 1.29 is 9.47 Å². The molecular weight excluding hydrogens is 284 g/mol. The van der Waals surface area contributed by atoms with Crippen molar-refractivity contribution in [2.45, 2.75) is 33.3 Å². The van der Waals surface area contributed by atoms with E-state index in [2.05, 4.69) is 9.97 Å². The summed E-state index contributed by atoms with van der Waals surface area (Å²) in [6.45, 7) is 5.59. The molecule has 0 unspecified atom stereocenters. The van der Waals surface area contributed by atoms with Gasteiger partial charge >= 0.3 is 5.69 Å². The predicted molar refractivity (Wildman–Crippen MR) is 84.0 cm³/mol. The topological polar surface area (TPSA) is 84.2 Å². The zero-order valence-electron chi connectivity index (χ0n) is 13.1. The second-order valence-corrected chi connectivity index (χ2v) is 5.34.